The number of nitrogens with one attached hydrogen (secondary N) is 2. The lowest BCUT2D eigenvalue weighted by molar-refractivity contribution is 0.0944. The van der Waals surface area contributed by atoms with Crippen LogP contribution >= 0.6 is 0 Å². The molecule has 2 unspecified atom stereocenters. The molecule has 0 saturated heterocycles. The van der Waals surface area contributed by atoms with E-state index in [-0.39, 0.29) is 22.5 Å². The molecule has 0 aromatic carbocycles. The van der Waals surface area contributed by atoms with Crippen molar-refractivity contribution in [3.05, 3.63) is 18.0 Å². The molecule has 6 nitrogen and oxygen atoms in total. The Balaban J connectivity index is 1.96. The molecule has 1 aromatic rings. The first kappa shape index (κ1) is 13.1. The molecule has 1 aromatic heterocycles. The van der Waals surface area contributed by atoms with E-state index in [1.807, 2.05) is 0 Å². The van der Waals surface area contributed by atoms with Crippen molar-refractivity contribution in [2.45, 2.75) is 37.1 Å². The number of H-pyrrole nitrogens is 1. The van der Waals surface area contributed by atoms with Gasteiger partial charge in [-0.15, -0.1) is 0 Å². The summed E-state index contributed by atoms with van der Waals surface area (Å²) in [5, 5.41) is 7.83. The van der Waals surface area contributed by atoms with Crippen LogP contribution in [0.2, 0.25) is 0 Å². The van der Waals surface area contributed by atoms with Crippen LogP contribution in [0.25, 0.3) is 0 Å². The lowest BCUT2D eigenvalue weighted by Gasteiger charge is -2.01. The van der Waals surface area contributed by atoms with Gasteiger partial charge in [0.2, 0.25) is 10.0 Å². The van der Waals surface area contributed by atoms with E-state index in [1.54, 1.807) is 0 Å². The number of nitrogens with two attached hydrogens (primary N) is 1. The maximum absolute atomic E-state index is 11.8. The molecule has 2 atom stereocenters. The third-order valence-corrected chi connectivity index (χ3v) is 4.02. The first-order valence-corrected chi connectivity index (χ1v) is 7.48. The molecule has 2 rings (SSSR count). The predicted molar refractivity (Wildman–Crippen MR) is 66.4 cm³/mol. The minimum atomic E-state index is -3.76. The number of hydrogen-bond donors (Lipinski definition) is 3. The average molecular weight is 271 g/mol. The Morgan fingerprint density at radius 1 is 1.61 bits per heavy atom. The van der Waals surface area contributed by atoms with Gasteiger partial charge < -0.3 is 10.3 Å². The van der Waals surface area contributed by atoms with Gasteiger partial charge in [0.15, 0.2) is 0 Å². The smallest absolute Gasteiger partial charge is 0.267 e. The van der Waals surface area contributed by atoms with Crippen molar-refractivity contribution in [2.24, 2.45) is 11.1 Å². The maximum atomic E-state index is 11.8. The molecule has 100 valence electrons. The monoisotopic (exact) mass is 271 g/mol. The van der Waals surface area contributed by atoms with Gasteiger partial charge in [-0.05, 0) is 24.8 Å². The summed E-state index contributed by atoms with van der Waals surface area (Å²) in [6, 6.07) is 1.47. The van der Waals surface area contributed by atoms with Crippen molar-refractivity contribution in [1.82, 2.24) is 10.3 Å². The molecule has 0 aliphatic heterocycles. The highest BCUT2D eigenvalue weighted by atomic mass is 32.2. The quantitative estimate of drug-likeness (QED) is 0.729. The minimum absolute atomic E-state index is 0.0754. The zero-order valence-corrected chi connectivity index (χ0v) is 11.0. The number of aromatic amines is 1. The maximum Gasteiger partial charge on any atom is 0.267 e. The third-order valence-electron chi connectivity index (χ3n) is 3.13. The van der Waals surface area contributed by atoms with Gasteiger partial charge in [-0.2, -0.15) is 0 Å². The molecule has 1 saturated carbocycles. The highest BCUT2D eigenvalue weighted by Crippen LogP contribution is 2.34. The van der Waals surface area contributed by atoms with E-state index in [2.05, 4.69) is 17.2 Å². The van der Waals surface area contributed by atoms with Gasteiger partial charge in [-0.25, -0.2) is 13.6 Å². The van der Waals surface area contributed by atoms with Crippen molar-refractivity contribution >= 4 is 15.9 Å². The van der Waals surface area contributed by atoms with Gasteiger partial charge in [0.1, 0.15) is 5.69 Å². The zero-order valence-electron chi connectivity index (χ0n) is 10.1. The van der Waals surface area contributed by atoms with Crippen LogP contribution in [0.5, 0.6) is 0 Å². The first-order chi connectivity index (χ1) is 8.41. The molecule has 18 heavy (non-hydrogen) atoms. The summed E-state index contributed by atoms with van der Waals surface area (Å²) in [4.78, 5) is 14.4. The van der Waals surface area contributed by atoms with E-state index in [0.717, 1.165) is 19.3 Å². The molecule has 1 heterocycles. The first-order valence-electron chi connectivity index (χ1n) is 5.94. The molecule has 0 bridgehead atoms. The van der Waals surface area contributed by atoms with Crippen LogP contribution in [-0.4, -0.2) is 25.4 Å². The van der Waals surface area contributed by atoms with E-state index < -0.39 is 10.0 Å². The molecule has 1 amide bonds. The molecule has 4 N–H and O–H groups in total. The Hall–Kier alpha value is -1.34. The summed E-state index contributed by atoms with van der Waals surface area (Å²) in [7, 11) is -3.76. The van der Waals surface area contributed by atoms with Crippen LogP contribution in [0.1, 0.15) is 36.7 Å². The van der Waals surface area contributed by atoms with Crippen molar-refractivity contribution < 1.29 is 13.2 Å². The van der Waals surface area contributed by atoms with E-state index in [9.17, 15) is 13.2 Å². The second-order valence-electron chi connectivity index (χ2n) is 4.66. The molecule has 1 aliphatic rings. The van der Waals surface area contributed by atoms with Crippen LogP contribution < -0.4 is 10.5 Å². The van der Waals surface area contributed by atoms with E-state index in [0.29, 0.717) is 5.92 Å². The predicted octanol–water partition coefficient (Wildman–Crippen LogP) is 0.581. The number of hydrogen-bond acceptors (Lipinski definition) is 3. The number of rotatable bonds is 5. The average Bonchev–Trinajstić information content (AvgIpc) is 2.82. The number of sulfonamides is 1. The van der Waals surface area contributed by atoms with Gasteiger partial charge in [-0.1, -0.05) is 13.3 Å². The molecule has 7 heteroatoms. The highest BCUT2D eigenvalue weighted by molar-refractivity contribution is 7.89. The normalized spacial score (nSPS) is 22.8. The van der Waals surface area contributed by atoms with Gasteiger partial charge in [-0.3, -0.25) is 4.79 Å². The fraction of sp³-hybridized carbons (Fsp3) is 0.545. The Labute approximate surface area is 106 Å². The van der Waals surface area contributed by atoms with Gasteiger partial charge >= 0.3 is 0 Å². The van der Waals surface area contributed by atoms with E-state index in [4.69, 9.17) is 5.14 Å². The number of carbonyl (C=O) groups excluding carboxylic acids is 1. The molecular formula is C11H17N3O3S. The second-order valence-corrected chi connectivity index (χ2v) is 6.22. The van der Waals surface area contributed by atoms with Gasteiger partial charge in [0.05, 0.1) is 4.90 Å². The van der Waals surface area contributed by atoms with Crippen LogP contribution in [0.15, 0.2) is 17.2 Å². The number of carbonyl (C=O) groups is 1. The van der Waals surface area contributed by atoms with Crippen molar-refractivity contribution in [3.8, 4) is 0 Å². The Bertz CT molecular complexity index is 550. The largest absolute Gasteiger partial charge is 0.356 e. The summed E-state index contributed by atoms with van der Waals surface area (Å²) in [6.07, 6.45) is 4.44. The molecule has 1 aliphatic carbocycles. The summed E-state index contributed by atoms with van der Waals surface area (Å²) in [5.41, 5.74) is 0.223. The standard InChI is InChI=1S/C11H17N3O3S/c1-2-3-7-4-9(7)14-11(15)10-5-8(6-13-10)18(12,16)17/h5-7,9,13H,2-4H2,1H3,(H,14,15)(H2,12,16,17). The van der Waals surface area contributed by atoms with Gasteiger partial charge in [0.25, 0.3) is 5.91 Å². The summed E-state index contributed by atoms with van der Waals surface area (Å²) in [5.74, 6) is 0.278. The summed E-state index contributed by atoms with van der Waals surface area (Å²) in [6.45, 7) is 2.11. The summed E-state index contributed by atoms with van der Waals surface area (Å²) < 4.78 is 22.1. The van der Waals surface area contributed by atoms with Crippen molar-refractivity contribution in [1.29, 1.82) is 0 Å². The van der Waals surface area contributed by atoms with Crippen LogP contribution in [0.3, 0.4) is 0 Å². The lowest BCUT2D eigenvalue weighted by Crippen LogP contribution is -2.27. The number of amides is 1. The topological polar surface area (TPSA) is 105 Å². The Morgan fingerprint density at radius 3 is 2.89 bits per heavy atom. The minimum Gasteiger partial charge on any atom is -0.356 e. The van der Waals surface area contributed by atoms with Crippen molar-refractivity contribution in [2.75, 3.05) is 0 Å². The van der Waals surface area contributed by atoms with Crippen LogP contribution in [-0.2, 0) is 10.0 Å². The SMILES string of the molecule is CCCC1CC1NC(=O)c1cc(S(N)(=O)=O)c[nH]1. The molecule has 1 fully saturated rings. The molecule has 0 spiro atoms. The zero-order chi connectivity index (χ0) is 13.3. The lowest BCUT2D eigenvalue weighted by atomic mass is 10.2. The Morgan fingerprint density at radius 2 is 2.33 bits per heavy atom. The highest BCUT2D eigenvalue weighted by Gasteiger charge is 2.37. The third kappa shape index (κ3) is 2.91. The van der Waals surface area contributed by atoms with Gasteiger partial charge in [0, 0.05) is 12.2 Å². The number of primary sulfonamides is 1. The fourth-order valence-electron chi connectivity index (χ4n) is 2.03. The van der Waals surface area contributed by atoms with E-state index in [1.165, 1.54) is 12.3 Å². The van der Waals surface area contributed by atoms with E-state index >= 15 is 0 Å². The molecular weight excluding hydrogens is 254 g/mol. The van der Waals surface area contributed by atoms with Crippen molar-refractivity contribution in [3.63, 3.8) is 0 Å². The fourth-order valence-corrected chi connectivity index (χ4v) is 2.54. The second kappa shape index (κ2) is 4.74. The summed E-state index contributed by atoms with van der Waals surface area (Å²) >= 11 is 0. The van der Waals surface area contributed by atoms with Crippen LogP contribution in [0.4, 0.5) is 0 Å². The molecule has 0 radical (unpaired) electrons. The van der Waals surface area contributed by atoms with Crippen LogP contribution in [0, 0.1) is 5.92 Å². The number of aromatic nitrogens is 1. The Kier molecular flexibility index (Phi) is 3.45.